The topological polar surface area (TPSA) is 79.8 Å². The lowest BCUT2D eigenvalue weighted by Crippen LogP contribution is -2.23. The van der Waals surface area contributed by atoms with E-state index in [1.165, 1.54) is 9.36 Å². The van der Waals surface area contributed by atoms with Crippen molar-refractivity contribution in [1.82, 2.24) is 29.6 Å². The molecule has 4 aromatic rings. The first-order chi connectivity index (χ1) is 13.9. The van der Waals surface area contributed by atoms with E-state index < -0.39 is 0 Å². The third-order valence-corrected chi connectivity index (χ3v) is 4.92. The Bertz CT molecular complexity index is 1240. The summed E-state index contributed by atoms with van der Waals surface area (Å²) in [4.78, 5) is 12.3. The zero-order valence-electron chi connectivity index (χ0n) is 16.2. The number of aromatic nitrogens is 6. The summed E-state index contributed by atoms with van der Waals surface area (Å²) in [6, 6.07) is 13.1. The number of nitrogens with zero attached hydrogens (tertiary/aromatic N) is 6. The van der Waals surface area contributed by atoms with Crippen LogP contribution in [0.15, 0.2) is 53.5 Å². The standard InChI is InChI=1S/C20H19ClN6O2/c1-13-5-4-6-17(27-20(28)25(3)23-24-27)16(13)12-29-19-9-10-26(22-19)18-11-15(21)8-7-14(18)2/h4-11H,12H2,1-3H3. The van der Waals surface area contributed by atoms with Gasteiger partial charge >= 0.3 is 5.69 Å². The number of hydrogen-bond donors (Lipinski definition) is 0. The van der Waals surface area contributed by atoms with Crippen LogP contribution in [-0.2, 0) is 13.7 Å². The summed E-state index contributed by atoms with van der Waals surface area (Å²) in [5.74, 6) is 0.463. The SMILES string of the molecule is Cc1ccc(Cl)cc1-n1ccc(OCc2c(C)cccc2-n2nnn(C)c2=O)n1. The van der Waals surface area contributed by atoms with E-state index in [1.54, 1.807) is 17.8 Å². The summed E-state index contributed by atoms with van der Waals surface area (Å²) in [6.07, 6.45) is 1.82. The summed E-state index contributed by atoms with van der Waals surface area (Å²) in [7, 11) is 1.56. The van der Waals surface area contributed by atoms with Crippen LogP contribution in [0.1, 0.15) is 16.7 Å². The molecule has 4 rings (SSSR count). The van der Waals surface area contributed by atoms with Gasteiger partial charge in [-0.3, -0.25) is 0 Å². The van der Waals surface area contributed by atoms with Gasteiger partial charge in [0.05, 0.1) is 11.4 Å². The van der Waals surface area contributed by atoms with Crippen molar-refractivity contribution in [3.05, 3.63) is 80.9 Å². The van der Waals surface area contributed by atoms with Gasteiger partial charge in [-0.2, -0.15) is 9.36 Å². The molecule has 0 unspecified atom stereocenters. The maximum atomic E-state index is 12.3. The number of benzene rings is 2. The Balaban J connectivity index is 1.61. The number of ether oxygens (including phenoxy) is 1. The first-order valence-electron chi connectivity index (χ1n) is 8.97. The molecule has 0 spiro atoms. The summed E-state index contributed by atoms with van der Waals surface area (Å²) >= 11 is 6.11. The molecule has 0 amide bonds. The van der Waals surface area contributed by atoms with Crippen LogP contribution < -0.4 is 10.4 Å². The molecule has 0 aliphatic carbocycles. The van der Waals surface area contributed by atoms with Gasteiger partial charge in [0.1, 0.15) is 6.61 Å². The zero-order valence-corrected chi connectivity index (χ0v) is 17.0. The predicted molar refractivity (Wildman–Crippen MR) is 109 cm³/mol. The summed E-state index contributed by atoms with van der Waals surface area (Å²) in [5.41, 5.74) is 4.06. The van der Waals surface area contributed by atoms with Gasteiger partial charge in [0.15, 0.2) is 0 Å². The van der Waals surface area contributed by atoms with Crippen LogP contribution in [0.5, 0.6) is 5.88 Å². The van der Waals surface area contributed by atoms with E-state index in [-0.39, 0.29) is 12.3 Å². The molecule has 0 N–H and O–H groups in total. The molecule has 2 heterocycles. The molecule has 0 saturated carbocycles. The molecule has 0 aliphatic rings. The molecule has 0 fully saturated rings. The van der Waals surface area contributed by atoms with Crippen molar-refractivity contribution in [2.24, 2.45) is 7.05 Å². The highest BCUT2D eigenvalue weighted by Crippen LogP contribution is 2.22. The lowest BCUT2D eigenvalue weighted by atomic mass is 10.1. The van der Waals surface area contributed by atoms with Crippen molar-refractivity contribution in [1.29, 1.82) is 0 Å². The first kappa shape index (κ1) is 18.9. The largest absolute Gasteiger partial charge is 0.472 e. The van der Waals surface area contributed by atoms with Crippen molar-refractivity contribution in [2.45, 2.75) is 20.5 Å². The van der Waals surface area contributed by atoms with Gasteiger partial charge in [0.25, 0.3) is 0 Å². The molecule has 0 radical (unpaired) electrons. The highest BCUT2D eigenvalue weighted by atomic mass is 35.5. The Morgan fingerprint density at radius 1 is 1.03 bits per heavy atom. The maximum Gasteiger partial charge on any atom is 0.368 e. The van der Waals surface area contributed by atoms with Crippen molar-refractivity contribution in [3.63, 3.8) is 0 Å². The van der Waals surface area contributed by atoms with Gasteiger partial charge in [-0.25, -0.2) is 9.48 Å². The van der Waals surface area contributed by atoms with E-state index >= 15 is 0 Å². The molecule has 148 valence electrons. The molecule has 0 aliphatic heterocycles. The van der Waals surface area contributed by atoms with Crippen LogP contribution >= 0.6 is 11.6 Å². The average molecular weight is 411 g/mol. The second kappa shape index (κ2) is 7.56. The minimum Gasteiger partial charge on any atom is -0.472 e. The lowest BCUT2D eigenvalue weighted by molar-refractivity contribution is 0.290. The number of rotatable bonds is 5. The Hall–Kier alpha value is -3.39. The molecule has 29 heavy (non-hydrogen) atoms. The molecule has 0 atom stereocenters. The highest BCUT2D eigenvalue weighted by Gasteiger charge is 2.14. The molecule has 0 bridgehead atoms. The van der Waals surface area contributed by atoms with E-state index in [0.29, 0.717) is 16.6 Å². The van der Waals surface area contributed by atoms with Gasteiger partial charge in [-0.1, -0.05) is 29.8 Å². The fraction of sp³-hybridized carbons (Fsp3) is 0.200. The first-order valence-corrected chi connectivity index (χ1v) is 9.34. The van der Waals surface area contributed by atoms with Crippen LogP contribution in [-0.4, -0.2) is 29.6 Å². The molecule has 2 aromatic carbocycles. The van der Waals surface area contributed by atoms with Gasteiger partial charge in [-0.15, -0.1) is 5.10 Å². The van der Waals surface area contributed by atoms with Crippen molar-refractivity contribution in [2.75, 3.05) is 0 Å². The maximum absolute atomic E-state index is 12.3. The monoisotopic (exact) mass is 410 g/mol. The molecular weight excluding hydrogens is 392 g/mol. The Labute approximate surface area is 171 Å². The third kappa shape index (κ3) is 3.66. The van der Waals surface area contributed by atoms with Crippen LogP contribution in [0.4, 0.5) is 0 Å². The van der Waals surface area contributed by atoms with Crippen LogP contribution in [0.2, 0.25) is 5.02 Å². The number of tetrazole rings is 1. The van der Waals surface area contributed by atoms with E-state index in [9.17, 15) is 4.79 Å². The predicted octanol–water partition coefficient (Wildman–Crippen LogP) is 3.00. The normalized spacial score (nSPS) is 11.0. The Morgan fingerprint density at radius 2 is 1.86 bits per heavy atom. The summed E-state index contributed by atoms with van der Waals surface area (Å²) < 4.78 is 10.1. The smallest absolute Gasteiger partial charge is 0.368 e. The third-order valence-electron chi connectivity index (χ3n) is 4.68. The molecule has 2 aromatic heterocycles. The van der Waals surface area contributed by atoms with E-state index in [1.807, 2.05) is 56.4 Å². The van der Waals surface area contributed by atoms with E-state index in [2.05, 4.69) is 15.5 Å². The van der Waals surface area contributed by atoms with Crippen LogP contribution in [0, 0.1) is 13.8 Å². The van der Waals surface area contributed by atoms with Gasteiger partial charge in [0.2, 0.25) is 5.88 Å². The van der Waals surface area contributed by atoms with Crippen molar-refractivity contribution in [3.8, 4) is 17.3 Å². The quantitative estimate of drug-likeness (QED) is 0.505. The second-order valence-electron chi connectivity index (χ2n) is 6.69. The molecular formula is C20H19ClN6O2. The summed E-state index contributed by atoms with van der Waals surface area (Å²) in [5, 5.41) is 12.8. The van der Waals surface area contributed by atoms with Crippen molar-refractivity contribution >= 4 is 11.6 Å². The Kier molecular flexibility index (Phi) is 4.94. The molecule has 0 saturated heterocycles. The second-order valence-corrected chi connectivity index (χ2v) is 7.12. The number of hydrogen-bond acceptors (Lipinski definition) is 5. The minimum atomic E-state index is -0.322. The lowest BCUT2D eigenvalue weighted by Gasteiger charge is -2.11. The summed E-state index contributed by atoms with van der Waals surface area (Å²) in [6.45, 7) is 4.18. The zero-order chi connectivity index (χ0) is 20.5. The molecule has 9 heteroatoms. The average Bonchev–Trinajstić information content (AvgIpc) is 3.30. The van der Waals surface area contributed by atoms with Gasteiger partial charge in [0, 0.05) is 29.9 Å². The van der Waals surface area contributed by atoms with Gasteiger partial charge < -0.3 is 4.74 Å². The Morgan fingerprint density at radius 3 is 2.62 bits per heavy atom. The van der Waals surface area contributed by atoms with Crippen molar-refractivity contribution < 1.29 is 4.74 Å². The van der Waals surface area contributed by atoms with Gasteiger partial charge in [-0.05, 0) is 53.6 Å². The van der Waals surface area contributed by atoms with Crippen LogP contribution in [0.25, 0.3) is 11.4 Å². The van der Waals surface area contributed by atoms with E-state index in [0.717, 1.165) is 22.4 Å². The number of halogens is 1. The minimum absolute atomic E-state index is 0.233. The fourth-order valence-electron chi connectivity index (χ4n) is 3.03. The molecule has 8 nitrogen and oxygen atoms in total. The fourth-order valence-corrected chi connectivity index (χ4v) is 3.20. The number of aryl methyl sites for hydroxylation is 3. The van der Waals surface area contributed by atoms with E-state index in [4.69, 9.17) is 16.3 Å². The van der Waals surface area contributed by atoms with Crippen LogP contribution in [0.3, 0.4) is 0 Å². The highest BCUT2D eigenvalue weighted by molar-refractivity contribution is 6.30.